The van der Waals surface area contributed by atoms with Gasteiger partial charge < -0.3 is 5.73 Å². The van der Waals surface area contributed by atoms with E-state index >= 15 is 0 Å². The van der Waals surface area contributed by atoms with E-state index in [0.29, 0.717) is 18.1 Å². The molecule has 1 atom stereocenters. The van der Waals surface area contributed by atoms with E-state index in [1.165, 1.54) is 0 Å². The van der Waals surface area contributed by atoms with Crippen molar-refractivity contribution in [3.63, 3.8) is 0 Å². The maximum atomic E-state index is 11.4. The van der Waals surface area contributed by atoms with Crippen molar-refractivity contribution in [1.29, 1.82) is 0 Å². The number of hydrogen-bond donors (Lipinski definition) is 1. The number of nitrogens with two attached hydrogens (primary N) is 1. The van der Waals surface area contributed by atoms with Gasteiger partial charge in [-0.15, -0.1) is 0 Å². The van der Waals surface area contributed by atoms with Gasteiger partial charge in [-0.1, -0.05) is 0 Å². The smallest absolute Gasteiger partial charge is 0.151 e. The van der Waals surface area contributed by atoms with Crippen LogP contribution in [0.3, 0.4) is 0 Å². The molecule has 90 valence electrons. The van der Waals surface area contributed by atoms with Crippen molar-refractivity contribution in [3.8, 4) is 0 Å². The molecule has 15 heavy (non-hydrogen) atoms. The fraction of sp³-hybridized carbons (Fsp3) is 1.00. The van der Waals surface area contributed by atoms with Crippen LogP contribution in [0.4, 0.5) is 0 Å². The third-order valence-electron chi connectivity index (χ3n) is 3.47. The summed E-state index contributed by atoms with van der Waals surface area (Å²) in [5.74, 6) is 0.637. The van der Waals surface area contributed by atoms with Crippen molar-refractivity contribution < 1.29 is 8.42 Å². The first kappa shape index (κ1) is 12.9. The van der Waals surface area contributed by atoms with Crippen LogP contribution >= 0.6 is 0 Å². The van der Waals surface area contributed by atoms with Crippen molar-refractivity contribution >= 4 is 9.84 Å². The highest BCUT2D eigenvalue weighted by Crippen LogP contribution is 2.25. The summed E-state index contributed by atoms with van der Waals surface area (Å²) in [6, 6.07) is 0.163. The molecule has 1 aliphatic heterocycles. The molecular formula is C10H22N2O2S. The molecule has 0 saturated carbocycles. The van der Waals surface area contributed by atoms with Crippen LogP contribution < -0.4 is 5.73 Å². The Morgan fingerprint density at radius 2 is 2.07 bits per heavy atom. The highest BCUT2D eigenvalue weighted by Gasteiger charge is 2.36. The molecule has 0 aromatic rings. The predicted octanol–water partition coefficient (Wildman–Crippen LogP) is 0.233. The fourth-order valence-corrected chi connectivity index (χ4v) is 3.88. The van der Waals surface area contributed by atoms with E-state index in [1.807, 2.05) is 7.05 Å². The standard InChI is InChI=1S/C10H22N2O2S/c1-10(2,5-6-11)12(3)9-4-7-15(13,14)8-9/h9H,4-8,11H2,1-3H3. The van der Waals surface area contributed by atoms with Crippen LogP contribution in [0.5, 0.6) is 0 Å². The lowest BCUT2D eigenvalue weighted by Crippen LogP contribution is -2.48. The van der Waals surface area contributed by atoms with Crippen LogP contribution in [0.15, 0.2) is 0 Å². The third-order valence-corrected chi connectivity index (χ3v) is 5.22. The van der Waals surface area contributed by atoms with Crippen LogP contribution in [0.2, 0.25) is 0 Å². The van der Waals surface area contributed by atoms with E-state index in [2.05, 4.69) is 18.7 Å². The maximum absolute atomic E-state index is 11.4. The molecule has 1 unspecified atom stereocenters. The molecule has 1 heterocycles. The van der Waals surface area contributed by atoms with Crippen molar-refractivity contribution in [2.24, 2.45) is 5.73 Å². The molecule has 1 aliphatic rings. The summed E-state index contributed by atoms with van der Waals surface area (Å²) in [6.45, 7) is 4.87. The van der Waals surface area contributed by atoms with E-state index in [4.69, 9.17) is 5.73 Å². The van der Waals surface area contributed by atoms with Crippen LogP contribution in [0.25, 0.3) is 0 Å². The molecular weight excluding hydrogens is 212 g/mol. The normalized spacial score (nSPS) is 26.1. The Bertz CT molecular complexity index is 311. The molecule has 0 aromatic carbocycles. The van der Waals surface area contributed by atoms with E-state index in [9.17, 15) is 8.42 Å². The zero-order chi connectivity index (χ0) is 11.7. The van der Waals surface area contributed by atoms with Gasteiger partial charge in [0.05, 0.1) is 11.5 Å². The number of rotatable bonds is 4. The highest BCUT2D eigenvalue weighted by molar-refractivity contribution is 7.91. The first-order valence-corrected chi connectivity index (χ1v) is 7.24. The van der Waals surface area contributed by atoms with Gasteiger partial charge in [0, 0.05) is 11.6 Å². The molecule has 0 aromatic heterocycles. The molecule has 4 nitrogen and oxygen atoms in total. The highest BCUT2D eigenvalue weighted by atomic mass is 32.2. The lowest BCUT2D eigenvalue weighted by Gasteiger charge is -2.39. The van der Waals surface area contributed by atoms with Crippen molar-refractivity contribution in [1.82, 2.24) is 4.90 Å². The van der Waals surface area contributed by atoms with E-state index in [-0.39, 0.29) is 11.6 Å². The summed E-state index contributed by atoms with van der Waals surface area (Å²) in [7, 11) is -0.787. The molecule has 1 rings (SSSR count). The summed E-state index contributed by atoms with van der Waals surface area (Å²) in [6.07, 6.45) is 1.65. The van der Waals surface area contributed by atoms with Gasteiger partial charge in [0.15, 0.2) is 9.84 Å². The summed E-state index contributed by atoms with van der Waals surface area (Å²) in [5.41, 5.74) is 5.54. The Labute approximate surface area is 92.7 Å². The van der Waals surface area contributed by atoms with Crippen molar-refractivity contribution in [2.75, 3.05) is 25.1 Å². The summed E-state index contributed by atoms with van der Waals surface area (Å²) in [5, 5.41) is 0. The first-order chi connectivity index (χ1) is 6.78. The lowest BCUT2D eigenvalue weighted by atomic mass is 9.96. The number of hydrogen-bond acceptors (Lipinski definition) is 4. The maximum Gasteiger partial charge on any atom is 0.151 e. The van der Waals surface area contributed by atoms with Gasteiger partial charge in [0.1, 0.15) is 0 Å². The topological polar surface area (TPSA) is 63.4 Å². The zero-order valence-electron chi connectivity index (χ0n) is 9.86. The lowest BCUT2D eigenvalue weighted by molar-refractivity contribution is 0.107. The van der Waals surface area contributed by atoms with E-state index in [0.717, 1.165) is 12.8 Å². The van der Waals surface area contributed by atoms with Gasteiger partial charge >= 0.3 is 0 Å². The Balaban J connectivity index is 2.66. The average Bonchev–Trinajstić information content (AvgIpc) is 2.44. The molecule has 0 radical (unpaired) electrons. The predicted molar refractivity (Wildman–Crippen MR) is 62.6 cm³/mol. The monoisotopic (exact) mass is 234 g/mol. The second kappa shape index (κ2) is 4.39. The Morgan fingerprint density at radius 1 is 1.47 bits per heavy atom. The Kier molecular flexibility index (Phi) is 3.79. The average molecular weight is 234 g/mol. The largest absolute Gasteiger partial charge is 0.330 e. The van der Waals surface area contributed by atoms with Gasteiger partial charge in [0.25, 0.3) is 0 Å². The van der Waals surface area contributed by atoms with Crippen LogP contribution in [0.1, 0.15) is 26.7 Å². The summed E-state index contributed by atoms with van der Waals surface area (Å²) in [4.78, 5) is 2.17. The molecule has 1 saturated heterocycles. The Hall–Kier alpha value is -0.130. The minimum Gasteiger partial charge on any atom is -0.330 e. The molecule has 2 N–H and O–H groups in total. The van der Waals surface area contributed by atoms with Gasteiger partial charge in [0.2, 0.25) is 0 Å². The molecule has 0 bridgehead atoms. The summed E-state index contributed by atoms with van der Waals surface area (Å²) >= 11 is 0. The van der Waals surface area contributed by atoms with Crippen LogP contribution in [0, 0.1) is 0 Å². The molecule has 1 fully saturated rings. The second-order valence-electron chi connectivity index (χ2n) is 5.02. The van der Waals surface area contributed by atoms with Crippen molar-refractivity contribution in [2.45, 2.75) is 38.3 Å². The van der Waals surface area contributed by atoms with Crippen molar-refractivity contribution in [3.05, 3.63) is 0 Å². The van der Waals surface area contributed by atoms with Crippen LogP contribution in [-0.4, -0.2) is 50.0 Å². The van der Waals surface area contributed by atoms with Crippen LogP contribution in [-0.2, 0) is 9.84 Å². The SMILES string of the molecule is CN(C1CCS(=O)(=O)C1)C(C)(C)CCN. The van der Waals surface area contributed by atoms with Gasteiger partial charge in [-0.2, -0.15) is 0 Å². The molecule has 0 amide bonds. The van der Waals surface area contributed by atoms with Gasteiger partial charge in [-0.3, -0.25) is 4.90 Å². The molecule has 0 aliphatic carbocycles. The Morgan fingerprint density at radius 3 is 2.47 bits per heavy atom. The molecule has 0 spiro atoms. The van der Waals surface area contributed by atoms with Gasteiger partial charge in [-0.25, -0.2) is 8.42 Å². The quantitative estimate of drug-likeness (QED) is 0.756. The number of sulfone groups is 1. The fourth-order valence-electron chi connectivity index (χ4n) is 2.10. The summed E-state index contributed by atoms with van der Waals surface area (Å²) < 4.78 is 22.8. The zero-order valence-corrected chi connectivity index (χ0v) is 10.7. The molecule has 5 heteroatoms. The first-order valence-electron chi connectivity index (χ1n) is 5.42. The minimum absolute atomic E-state index is 0.0146. The van der Waals surface area contributed by atoms with E-state index < -0.39 is 9.84 Å². The second-order valence-corrected chi connectivity index (χ2v) is 7.25. The number of nitrogens with zero attached hydrogens (tertiary/aromatic N) is 1. The third kappa shape index (κ3) is 3.16. The van der Waals surface area contributed by atoms with E-state index in [1.54, 1.807) is 0 Å². The minimum atomic E-state index is -2.79. The van der Waals surface area contributed by atoms with Gasteiger partial charge in [-0.05, 0) is 40.3 Å².